The van der Waals surface area contributed by atoms with Gasteiger partial charge in [-0.2, -0.15) is 0 Å². The van der Waals surface area contributed by atoms with E-state index >= 15 is 0 Å². The van der Waals surface area contributed by atoms with Crippen LogP contribution in [0.2, 0.25) is 0 Å². The largest absolute Gasteiger partial charge is 0.469 e. The second-order valence-electron chi connectivity index (χ2n) is 3.24. The lowest BCUT2D eigenvalue weighted by molar-refractivity contribution is -0.491. The molecule has 0 amide bonds. The highest BCUT2D eigenvalue weighted by Crippen LogP contribution is 2.48. The zero-order valence-electron chi connectivity index (χ0n) is 6.91. The molecule has 68 valence electrons. The fourth-order valence-electron chi connectivity index (χ4n) is 1.22. The Hall–Kier alpha value is -1.13. The van der Waals surface area contributed by atoms with Crippen molar-refractivity contribution in [1.29, 1.82) is 0 Å². The summed E-state index contributed by atoms with van der Waals surface area (Å²) in [4.78, 5) is 20.6. The van der Waals surface area contributed by atoms with Crippen LogP contribution in [-0.4, -0.2) is 24.5 Å². The molecule has 1 rings (SSSR count). The maximum absolute atomic E-state index is 10.8. The second-order valence-corrected chi connectivity index (χ2v) is 3.24. The van der Waals surface area contributed by atoms with Crippen molar-refractivity contribution in [1.82, 2.24) is 0 Å². The molecule has 0 saturated heterocycles. The Bertz CT molecular complexity index is 209. The summed E-state index contributed by atoms with van der Waals surface area (Å²) in [6.07, 6.45) is 1.72. The van der Waals surface area contributed by atoms with Gasteiger partial charge >= 0.3 is 5.97 Å². The van der Waals surface area contributed by atoms with Gasteiger partial charge in [-0.1, -0.05) is 0 Å². The van der Waals surface area contributed by atoms with Gasteiger partial charge in [0.2, 0.25) is 6.54 Å². The van der Waals surface area contributed by atoms with E-state index in [1.54, 1.807) is 0 Å². The maximum atomic E-state index is 10.8. The van der Waals surface area contributed by atoms with Gasteiger partial charge in [0.1, 0.15) is 0 Å². The highest BCUT2D eigenvalue weighted by Gasteiger charge is 2.49. The van der Waals surface area contributed by atoms with Gasteiger partial charge in [-0.05, 0) is 12.8 Å². The van der Waals surface area contributed by atoms with Crippen molar-refractivity contribution < 1.29 is 14.5 Å². The van der Waals surface area contributed by atoms with Gasteiger partial charge in [0.05, 0.1) is 13.5 Å². The molecule has 12 heavy (non-hydrogen) atoms. The minimum absolute atomic E-state index is 0.109. The molecule has 0 aromatic heterocycles. The second kappa shape index (κ2) is 3.08. The van der Waals surface area contributed by atoms with Gasteiger partial charge in [0.15, 0.2) is 0 Å². The molecule has 0 N–H and O–H groups in total. The number of nitro groups is 1. The van der Waals surface area contributed by atoms with E-state index in [0.717, 1.165) is 12.8 Å². The van der Waals surface area contributed by atoms with Crippen LogP contribution in [0.5, 0.6) is 0 Å². The number of carbonyl (C=O) groups excluding carboxylic acids is 1. The van der Waals surface area contributed by atoms with Crippen LogP contribution in [0, 0.1) is 15.5 Å². The molecule has 0 unspecified atom stereocenters. The SMILES string of the molecule is COC(=O)CC1(C[N+](=O)[O-])CC1. The topological polar surface area (TPSA) is 69.4 Å². The van der Waals surface area contributed by atoms with Gasteiger partial charge in [-0.25, -0.2) is 0 Å². The number of ether oxygens (including phenoxy) is 1. The Kier molecular flexibility index (Phi) is 2.30. The lowest BCUT2D eigenvalue weighted by Gasteiger charge is -2.06. The number of esters is 1. The molecule has 5 nitrogen and oxygen atoms in total. The molecule has 0 radical (unpaired) electrons. The van der Waals surface area contributed by atoms with Crippen LogP contribution in [0.1, 0.15) is 19.3 Å². The van der Waals surface area contributed by atoms with Crippen LogP contribution in [0.25, 0.3) is 0 Å². The zero-order chi connectivity index (χ0) is 9.19. The molecule has 0 spiro atoms. The van der Waals surface area contributed by atoms with E-state index in [1.807, 2.05) is 0 Å². The summed E-state index contributed by atoms with van der Waals surface area (Å²) >= 11 is 0. The molecule has 0 bridgehead atoms. The van der Waals surface area contributed by atoms with Crippen LogP contribution >= 0.6 is 0 Å². The summed E-state index contributed by atoms with van der Waals surface area (Å²) in [7, 11) is 1.30. The van der Waals surface area contributed by atoms with Gasteiger partial charge in [0, 0.05) is 10.3 Å². The summed E-state index contributed by atoms with van der Waals surface area (Å²) in [5.41, 5.74) is -0.378. The monoisotopic (exact) mass is 173 g/mol. The Morgan fingerprint density at radius 3 is 2.58 bits per heavy atom. The van der Waals surface area contributed by atoms with Crippen molar-refractivity contribution in [2.45, 2.75) is 19.3 Å². The Labute approximate surface area is 69.9 Å². The molecule has 0 atom stereocenters. The van der Waals surface area contributed by atoms with Crippen molar-refractivity contribution in [3.8, 4) is 0 Å². The maximum Gasteiger partial charge on any atom is 0.306 e. The third-order valence-electron chi connectivity index (χ3n) is 2.17. The van der Waals surface area contributed by atoms with Crippen LogP contribution in [-0.2, 0) is 9.53 Å². The normalized spacial score (nSPS) is 18.4. The fraction of sp³-hybridized carbons (Fsp3) is 0.857. The van der Waals surface area contributed by atoms with E-state index in [-0.39, 0.29) is 29.3 Å². The molecule has 1 fully saturated rings. The molecule has 5 heteroatoms. The van der Waals surface area contributed by atoms with Crippen molar-refractivity contribution in [3.05, 3.63) is 10.1 Å². The molecule has 1 aliphatic rings. The van der Waals surface area contributed by atoms with Crippen LogP contribution in [0.4, 0.5) is 0 Å². The number of nitrogens with zero attached hydrogens (tertiary/aromatic N) is 1. The third kappa shape index (κ3) is 2.18. The quantitative estimate of drug-likeness (QED) is 0.354. The number of rotatable bonds is 4. The van der Waals surface area contributed by atoms with Gasteiger partial charge in [0.25, 0.3) is 0 Å². The van der Waals surface area contributed by atoms with Crippen molar-refractivity contribution in [2.24, 2.45) is 5.41 Å². The minimum atomic E-state index is -0.378. The van der Waals surface area contributed by atoms with E-state index < -0.39 is 0 Å². The average Bonchev–Trinajstić information content (AvgIpc) is 2.67. The summed E-state index contributed by atoms with van der Waals surface area (Å²) in [5.74, 6) is -0.352. The third-order valence-corrected chi connectivity index (χ3v) is 2.17. The predicted octanol–water partition coefficient (Wildman–Crippen LogP) is 0.606. The van der Waals surface area contributed by atoms with Gasteiger partial charge in [-0.3, -0.25) is 14.9 Å². The Morgan fingerprint density at radius 1 is 1.67 bits per heavy atom. The Morgan fingerprint density at radius 2 is 2.25 bits per heavy atom. The number of hydrogen-bond acceptors (Lipinski definition) is 4. The van der Waals surface area contributed by atoms with E-state index in [1.165, 1.54) is 7.11 Å². The molecule has 1 saturated carbocycles. The first-order valence-electron chi connectivity index (χ1n) is 3.77. The number of hydrogen-bond donors (Lipinski definition) is 0. The standard InChI is InChI=1S/C7H11NO4/c1-12-6(9)4-7(2-3-7)5-8(10)11/h2-5H2,1H3. The molecule has 0 aromatic carbocycles. The summed E-state index contributed by atoms with van der Waals surface area (Å²) < 4.78 is 4.45. The van der Waals surface area contributed by atoms with Crippen LogP contribution in [0.15, 0.2) is 0 Å². The summed E-state index contributed by atoms with van der Waals surface area (Å²) in [6.45, 7) is -0.109. The Balaban J connectivity index is 2.39. The lowest BCUT2D eigenvalue weighted by atomic mass is 10.0. The first kappa shape index (κ1) is 8.96. The summed E-state index contributed by atoms with van der Waals surface area (Å²) in [5, 5.41) is 10.2. The molecule has 0 aliphatic heterocycles. The first-order chi connectivity index (χ1) is 5.58. The summed E-state index contributed by atoms with van der Waals surface area (Å²) in [6, 6.07) is 0. The molecular formula is C7H11NO4. The van der Waals surface area contributed by atoms with E-state index in [0.29, 0.717) is 0 Å². The van der Waals surface area contributed by atoms with Gasteiger partial charge < -0.3 is 4.74 Å². The lowest BCUT2D eigenvalue weighted by Crippen LogP contribution is -2.19. The predicted molar refractivity (Wildman–Crippen MR) is 40.2 cm³/mol. The van der Waals surface area contributed by atoms with E-state index in [2.05, 4.69) is 4.74 Å². The molecule has 0 aromatic rings. The van der Waals surface area contributed by atoms with Crippen molar-refractivity contribution in [3.63, 3.8) is 0 Å². The number of methoxy groups -OCH3 is 1. The van der Waals surface area contributed by atoms with Crippen molar-refractivity contribution >= 4 is 5.97 Å². The zero-order valence-corrected chi connectivity index (χ0v) is 6.91. The smallest absolute Gasteiger partial charge is 0.306 e. The first-order valence-corrected chi connectivity index (χ1v) is 3.77. The van der Waals surface area contributed by atoms with E-state index in [9.17, 15) is 14.9 Å². The minimum Gasteiger partial charge on any atom is -0.469 e. The highest BCUT2D eigenvalue weighted by atomic mass is 16.6. The molecular weight excluding hydrogens is 162 g/mol. The highest BCUT2D eigenvalue weighted by molar-refractivity contribution is 5.70. The van der Waals surface area contributed by atoms with E-state index in [4.69, 9.17) is 0 Å². The molecule has 1 aliphatic carbocycles. The van der Waals surface area contributed by atoms with Gasteiger partial charge in [-0.15, -0.1) is 0 Å². The fourth-order valence-corrected chi connectivity index (χ4v) is 1.22. The molecule has 0 heterocycles. The van der Waals surface area contributed by atoms with Crippen LogP contribution in [0.3, 0.4) is 0 Å². The average molecular weight is 173 g/mol. The van der Waals surface area contributed by atoms with Crippen LogP contribution < -0.4 is 0 Å². The number of carbonyl (C=O) groups is 1. The van der Waals surface area contributed by atoms with Crippen molar-refractivity contribution in [2.75, 3.05) is 13.7 Å².